The van der Waals surface area contributed by atoms with E-state index in [2.05, 4.69) is 13.5 Å². The quantitative estimate of drug-likeness (QED) is 0.278. The van der Waals surface area contributed by atoms with Crippen molar-refractivity contribution in [2.75, 3.05) is 6.61 Å². The van der Waals surface area contributed by atoms with Gasteiger partial charge in [-0.1, -0.05) is 19.9 Å². The largest absolute Gasteiger partial charge is 0.432 e. The van der Waals surface area contributed by atoms with Crippen LogP contribution in [0.25, 0.3) is 0 Å². The fourth-order valence-electron chi connectivity index (χ4n) is 8.88. The predicted octanol–water partition coefficient (Wildman–Crippen LogP) is 0.448. The Balaban J connectivity index is 1.43. The molecule has 5 rings (SSSR count). The Morgan fingerprint density at radius 1 is 1.11 bits per heavy atom. The van der Waals surface area contributed by atoms with Gasteiger partial charge in [0.15, 0.2) is 5.78 Å². The van der Waals surface area contributed by atoms with Crippen LogP contribution in [0.2, 0.25) is 0 Å². The third-order valence-corrected chi connectivity index (χ3v) is 10.5. The van der Waals surface area contributed by atoms with Crippen LogP contribution in [0.4, 0.5) is 0 Å². The summed E-state index contributed by atoms with van der Waals surface area (Å²) in [6.07, 6.45) is -3.67. The zero-order chi connectivity index (χ0) is 25.5. The standard InChI is InChI=1S/C26H38O9/c1-12-13-9-14(28)20-24(2)6-4-7-25(3,16(24)5-8-26(20,10-13)21(12)32)23(33)35-22-19(31)18(30)17(29)15(11-27)34-22/h13-20,22,27-31H,1,4-11H2,2-3H3/t13-,14+,15-,16+,17-,18+,19-,20+,22+,24-,25-,26-/m1/s1. The summed E-state index contributed by atoms with van der Waals surface area (Å²) < 4.78 is 11.0. The van der Waals surface area contributed by atoms with Gasteiger partial charge in [0, 0.05) is 11.3 Å². The van der Waals surface area contributed by atoms with Crippen LogP contribution in [0.1, 0.15) is 58.8 Å². The Morgan fingerprint density at radius 3 is 2.51 bits per heavy atom. The maximum atomic E-state index is 13.7. The molecule has 2 bridgehead atoms. The van der Waals surface area contributed by atoms with Crippen LogP contribution >= 0.6 is 0 Å². The number of carbonyl (C=O) groups is 2. The molecule has 0 aromatic heterocycles. The van der Waals surface area contributed by atoms with Crippen molar-refractivity contribution in [1.29, 1.82) is 0 Å². The molecule has 4 aliphatic carbocycles. The van der Waals surface area contributed by atoms with E-state index in [1.165, 1.54) is 0 Å². The summed E-state index contributed by atoms with van der Waals surface area (Å²) in [6, 6.07) is 0. The van der Waals surface area contributed by atoms with E-state index in [1.54, 1.807) is 0 Å². The van der Waals surface area contributed by atoms with E-state index in [0.717, 1.165) is 12.8 Å². The average molecular weight is 495 g/mol. The number of aliphatic hydroxyl groups excluding tert-OH is 5. The van der Waals surface area contributed by atoms with Crippen molar-refractivity contribution in [2.45, 2.75) is 95.6 Å². The molecule has 9 heteroatoms. The lowest BCUT2D eigenvalue weighted by molar-refractivity contribution is -0.298. The molecule has 5 fully saturated rings. The SMILES string of the molecule is C=C1C(=O)[C@@]23CC[C@H]4[C@@](C)(CCC[C@@]4(C)C(=O)O[C@@H]4O[C@H](CO)[C@@H](O)[C@H](O)[C@H]4O)[C@@H]2[C@@H](O)C[C@@H]1C3. The number of hydrogen-bond acceptors (Lipinski definition) is 9. The van der Waals surface area contributed by atoms with Crippen molar-refractivity contribution in [3.63, 3.8) is 0 Å². The maximum absolute atomic E-state index is 13.7. The lowest BCUT2D eigenvalue weighted by Crippen LogP contribution is -2.64. The van der Waals surface area contributed by atoms with Gasteiger partial charge < -0.3 is 35.0 Å². The zero-order valence-corrected chi connectivity index (χ0v) is 20.4. The van der Waals surface area contributed by atoms with Crippen molar-refractivity contribution in [3.05, 3.63) is 12.2 Å². The minimum Gasteiger partial charge on any atom is -0.432 e. The van der Waals surface area contributed by atoms with Gasteiger partial charge in [0.05, 0.1) is 18.1 Å². The molecule has 5 N–H and O–H groups in total. The highest BCUT2D eigenvalue weighted by Crippen LogP contribution is 2.71. The number of ketones is 1. The highest BCUT2D eigenvalue weighted by molar-refractivity contribution is 6.03. The molecular formula is C26H38O9. The van der Waals surface area contributed by atoms with Gasteiger partial charge in [0.2, 0.25) is 6.29 Å². The first-order chi connectivity index (χ1) is 16.4. The van der Waals surface area contributed by atoms with Crippen LogP contribution in [0.3, 0.4) is 0 Å². The molecule has 1 saturated heterocycles. The van der Waals surface area contributed by atoms with Gasteiger partial charge in [-0.25, -0.2) is 0 Å². The number of ether oxygens (including phenoxy) is 2. The minimum absolute atomic E-state index is 0.0278. The number of esters is 1. The van der Waals surface area contributed by atoms with Gasteiger partial charge in [-0.2, -0.15) is 0 Å². The molecule has 12 atom stereocenters. The van der Waals surface area contributed by atoms with E-state index in [4.69, 9.17) is 9.47 Å². The first kappa shape index (κ1) is 25.3. The fraction of sp³-hybridized carbons (Fsp3) is 0.846. The Kier molecular flexibility index (Phi) is 6.02. The monoisotopic (exact) mass is 494 g/mol. The lowest BCUT2D eigenvalue weighted by atomic mass is 9.40. The molecule has 1 aliphatic heterocycles. The van der Waals surface area contributed by atoms with E-state index in [-0.39, 0.29) is 23.5 Å². The number of rotatable bonds is 3. The Bertz CT molecular complexity index is 918. The number of carbonyl (C=O) groups excluding carboxylic acids is 2. The summed E-state index contributed by atoms with van der Waals surface area (Å²) >= 11 is 0. The molecule has 0 aromatic rings. The third kappa shape index (κ3) is 3.35. The number of Topliss-reactive ketones (excluding diaryl/α,β-unsaturated/α-hetero) is 1. The molecule has 1 spiro atoms. The molecule has 4 saturated carbocycles. The van der Waals surface area contributed by atoms with Crippen molar-refractivity contribution in [1.82, 2.24) is 0 Å². The van der Waals surface area contributed by atoms with E-state index >= 15 is 0 Å². The second-order valence-electron chi connectivity index (χ2n) is 12.2. The normalized spacial score (nSPS) is 53.6. The van der Waals surface area contributed by atoms with Crippen LogP contribution < -0.4 is 0 Å². The van der Waals surface area contributed by atoms with Crippen LogP contribution in [-0.4, -0.2) is 80.7 Å². The zero-order valence-electron chi connectivity index (χ0n) is 20.4. The summed E-state index contributed by atoms with van der Waals surface area (Å²) in [5.74, 6) is -0.903. The van der Waals surface area contributed by atoms with E-state index in [1.807, 2.05) is 6.92 Å². The highest BCUT2D eigenvalue weighted by Gasteiger charge is 2.70. The van der Waals surface area contributed by atoms with Gasteiger partial charge in [0.25, 0.3) is 0 Å². The number of fused-ring (bicyclic) bond motifs is 3. The maximum Gasteiger partial charge on any atom is 0.314 e. The van der Waals surface area contributed by atoms with E-state index in [9.17, 15) is 35.1 Å². The van der Waals surface area contributed by atoms with Crippen molar-refractivity contribution < 1.29 is 44.6 Å². The molecule has 196 valence electrons. The summed E-state index contributed by atoms with van der Waals surface area (Å²) in [6.45, 7) is 7.37. The molecule has 1 heterocycles. The van der Waals surface area contributed by atoms with Crippen LogP contribution in [0.15, 0.2) is 12.2 Å². The van der Waals surface area contributed by atoms with Crippen LogP contribution in [-0.2, 0) is 19.1 Å². The Hall–Kier alpha value is -1.36. The number of hydrogen-bond donors (Lipinski definition) is 5. The topological polar surface area (TPSA) is 154 Å². The van der Waals surface area contributed by atoms with Gasteiger partial charge in [-0.15, -0.1) is 0 Å². The first-order valence-electron chi connectivity index (χ1n) is 12.8. The van der Waals surface area contributed by atoms with E-state index < -0.39 is 65.6 Å². The van der Waals surface area contributed by atoms with Crippen LogP contribution in [0.5, 0.6) is 0 Å². The second-order valence-corrected chi connectivity index (χ2v) is 12.2. The fourth-order valence-corrected chi connectivity index (χ4v) is 8.88. The molecule has 0 unspecified atom stereocenters. The molecule has 0 amide bonds. The first-order valence-corrected chi connectivity index (χ1v) is 12.8. The number of aliphatic hydroxyl groups is 5. The van der Waals surface area contributed by atoms with Gasteiger partial charge in [-0.3, -0.25) is 9.59 Å². The van der Waals surface area contributed by atoms with Gasteiger partial charge >= 0.3 is 5.97 Å². The van der Waals surface area contributed by atoms with Crippen LogP contribution in [0, 0.1) is 34.0 Å². The van der Waals surface area contributed by atoms with E-state index in [0.29, 0.717) is 37.7 Å². The van der Waals surface area contributed by atoms with Crippen molar-refractivity contribution >= 4 is 11.8 Å². The Labute approximate surface area is 205 Å². The summed E-state index contributed by atoms with van der Waals surface area (Å²) in [7, 11) is 0. The molecule has 0 aromatic carbocycles. The van der Waals surface area contributed by atoms with Crippen molar-refractivity contribution in [3.8, 4) is 0 Å². The molecule has 5 aliphatic rings. The minimum atomic E-state index is -1.66. The Morgan fingerprint density at radius 2 is 1.83 bits per heavy atom. The summed E-state index contributed by atoms with van der Waals surface area (Å²) in [5, 5.41) is 51.3. The molecule has 35 heavy (non-hydrogen) atoms. The summed E-state index contributed by atoms with van der Waals surface area (Å²) in [4.78, 5) is 27.1. The second kappa shape index (κ2) is 8.33. The third-order valence-electron chi connectivity index (χ3n) is 10.5. The lowest BCUT2D eigenvalue weighted by Gasteiger charge is -2.63. The van der Waals surface area contributed by atoms with Gasteiger partial charge in [-0.05, 0) is 68.3 Å². The summed E-state index contributed by atoms with van der Waals surface area (Å²) in [5.41, 5.74) is -1.41. The smallest absolute Gasteiger partial charge is 0.314 e. The highest BCUT2D eigenvalue weighted by atomic mass is 16.7. The average Bonchev–Trinajstić information content (AvgIpc) is 2.99. The number of allylic oxidation sites excluding steroid dienone is 1. The van der Waals surface area contributed by atoms with Gasteiger partial charge in [0.1, 0.15) is 24.4 Å². The molecule has 9 nitrogen and oxygen atoms in total. The molecular weight excluding hydrogens is 456 g/mol. The molecule has 0 radical (unpaired) electrons. The predicted molar refractivity (Wildman–Crippen MR) is 121 cm³/mol. The van der Waals surface area contributed by atoms with Crippen molar-refractivity contribution in [2.24, 2.45) is 34.0 Å².